The Kier molecular flexibility index (Phi) is 6.85. The lowest BCUT2D eigenvalue weighted by Gasteiger charge is -2.44. The van der Waals surface area contributed by atoms with Crippen molar-refractivity contribution in [1.29, 1.82) is 0 Å². The van der Waals surface area contributed by atoms with Crippen molar-refractivity contribution < 1.29 is 14.3 Å². The number of nitrogens with one attached hydrogen (secondary N) is 1. The summed E-state index contributed by atoms with van der Waals surface area (Å²) in [4.78, 5) is 27.5. The molecule has 0 unspecified atom stereocenters. The molecule has 2 aliphatic rings. The van der Waals surface area contributed by atoms with Crippen LogP contribution < -0.4 is 5.32 Å². The first-order valence-electron chi connectivity index (χ1n) is 10.7. The highest BCUT2D eigenvalue weighted by molar-refractivity contribution is 9.10. The van der Waals surface area contributed by atoms with Gasteiger partial charge in [0.05, 0.1) is 17.7 Å². The van der Waals surface area contributed by atoms with Gasteiger partial charge in [-0.25, -0.2) is 4.79 Å². The van der Waals surface area contributed by atoms with Crippen LogP contribution in [-0.4, -0.2) is 42.5 Å². The third kappa shape index (κ3) is 4.93. The topological polar surface area (TPSA) is 58.6 Å². The molecular weight excluding hydrogens is 444 g/mol. The largest absolute Gasteiger partial charge is 0.462 e. The Balaban J connectivity index is 1.32. The average Bonchev–Trinajstić information content (AvgIpc) is 2.78. The highest BCUT2D eigenvalue weighted by Crippen LogP contribution is 2.31. The van der Waals surface area contributed by atoms with Crippen LogP contribution in [0.1, 0.15) is 52.8 Å². The van der Waals surface area contributed by atoms with Crippen molar-refractivity contribution >= 4 is 33.5 Å². The molecule has 4 rings (SSSR count). The predicted octanol–water partition coefficient (Wildman–Crippen LogP) is 5.12. The molecule has 2 fully saturated rings. The zero-order valence-electron chi connectivity index (χ0n) is 17.0. The number of anilines is 1. The normalized spacial score (nSPS) is 21.5. The molecule has 2 aromatic rings. The molecule has 0 spiro atoms. The fraction of sp³-hybridized carbons (Fsp3) is 0.417. The van der Waals surface area contributed by atoms with E-state index in [9.17, 15) is 9.59 Å². The zero-order chi connectivity index (χ0) is 20.9. The van der Waals surface area contributed by atoms with Gasteiger partial charge in [-0.1, -0.05) is 18.6 Å². The Morgan fingerprint density at radius 1 is 1.00 bits per heavy atom. The number of halogens is 1. The zero-order valence-corrected chi connectivity index (χ0v) is 18.6. The summed E-state index contributed by atoms with van der Waals surface area (Å²) in [7, 11) is 0. The summed E-state index contributed by atoms with van der Waals surface area (Å²) in [6, 6.07) is 14.7. The van der Waals surface area contributed by atoms with Crippen LogP contribution in [0, 0.1) is 5.92 Å². The highest BCUT2D eigenvalue weighted by Gasteiger charge is 2.33. The standard InChI is InChI=1S/C24H27BrN2O3/c25-21-8-2-1-7-20(21)23(28)26-19-12-10-17(11-13-19)24(29)30-16-18-6-5-15-27-14-4-3-9-22(18)27/h1-2,7-8,10-13,18,22H,3-6,9,14-16H2,(H,26,28)/t18-,22+/m0/s1. The van der Waals surface area contributed by atoms with Crippen LogP contribution in [0.4, 0.5) is 5.69 Å². The summed E-state index contributed by atoms with van der Waals surface area (Å²) in [6.07, 6.45) is 6.10. The summed E-state index contributed by atoms with van der Waals surface area (Å²) >= 11 is 3.39. The van der Waals surface area contributed by atoms with E-state index in [-0.39, 0.29) is 11.9 Å². The van der Waals surface area contributed by atoms with Gasteiger partial charge in [0.15, 0.2) is 0 Å². The van der Waals surface area contributed by atoms with Gasteiger partial charge in [0, 0.05) is 22.1 Å². The number of esters is 1. The molecule has 2 saturated heterocycles. The Hall–Kier alpha value is -2.18. The van der Waals surface area contributed by atoms with E-state index >= 15 is 0 Å². The van der Waals surface area contributed by atoms with E-state index in [1.807, 2.05) is 18.2 Å². The van der Waals surface area contributed by atoms with Crippen LogP contribution in [0.5, 0.6) is 0 Å². The maximum Gasteiger partial charge on any atom is 0.338 e. The van der Waals surface area contributed by atoms with E-state index in [0.717, 1.165) is 10.9 Å². The smallest absolute Gasteiger partial charge is 0.338 e. The fourth-order valence-corrected chi connectivity index (χ4v) is 5.04. The van der Waals surface area contributed by atoms with E-state index in [1.165, 1.54) is 38.8 Å². The van der Waals surface area contributed by atoms with Gasteiger partial charge in [0.25, 0.3) is 5.91 Å². The molecular formula is C24H27BrN2O3. The van der Waals surface area contributed by atoms with E-state index in [0.29, 0.717) is 35.4 Å². The van der Waals surface area contributed by atoms with Gasteiger partial charge < -0.3 is 10.1 Å². The summed E-state index contributed by atoms with van der Waals surface area (Å²) in [5.41, 5.74) is 1.70. The van der Waals surface area contributed by atoms with Crippen molar-refractivity contribution in [3.8, 4) is 0 Å². The quantitative estimate of drug-likeness (QED) is 0.615. The second-order valence-electron chi connectivity index (χ2n) is 8.11. The number of rotatable bonds is 5. The molecule has 0 radical (unpaired) electrons. The minimum atomic E-state index is -0.299. The Bertz CT molecular complexity index is 898. The number of amides is 1. The van der Waals surface area contributed by atoms with Gasteiger partial charge >= 0.3 is 5.97 Å². The summed E-state index contributed by atoms with van der Waals surface area (Å²) in [6.45, 7) is 2.85. The first-order chi connectivity index (χ1) is 14.6. The molecule has 0 bridgehead atoms. The fourth-order valence-electron chi connectivity index (χ4n) is 4.57. The van der Waals surface area contributed by atoms with Crippen molar-refractivity contribution in [2.24, 2.45) is 5.92 Å². The van der Waals surface area contributed by atoms with Gasteiger partial charge in [0.2, 0.25) is 0 Å². The van der Waals surface area contributed by atoms with Gasteiger partial charge in [-0.05, 0) is 91.1 Å². The van der Waals surface area contributed by atoms with Crippen LogP contribution in [-0.2, 0) is 4.74 Å². The average molecular weight is 471 g/mol. The minimum Gasteiger partial charge on any atom is -0.462 e. The number of piperidine rings is 2. The molecule has 0 aliphatic carbocycles. The van der Waals surface area contributed by atoms with Crippen LogP contribution in [0.3, 0.4) is 0 Å². The lowest BCUT2D eigenvalue weighted by atomic mass is 9.84. The molecule has 1 amide bonds. The highest BCUT2D eigenvalue weighted by atomic mass is 79.9. The number of carbonyl (C=O) groups is 2. The SMILES string of the molecule is O=C(OC[C@@H]1CCCN2CCCC[C@H]12)c1ccc(NC(=O)c2ccccc2Br)cc1. The van der Waals surface area contributed by atoms with Crippen LogP contribution in [0.25, 0.3) is 0 Å². The van der Waals surface area contributed by atoms with E-state index in [1.54, 1.807) is 30.3 Å². The van der Waals surface area contributed by atoms with E-state index in [2.05, 4.69) is 26.1 Å². The molecule has 2 heterocycles. The first-order valence-corrected chi connectivity index (χ1v) is 11.5. The number of hydrogen-bond acceptors (Lipinski definition) is 4. The van der Waals surface area contributed by atoms with Gasteiger partial charge in [-0.2, -0.15) is 0 Å². The Morgan fingerprint density at radius 3 is 2.57 bits per heavy atom. The second kappa shape index (κ2) is 9.75. The third-order valence-corrected chi connectivity index (χ3v) is 6.85. The summed E-state index contributed by atoms with van der Waals surface area (Å²) < 4.78 is 6.40. The monoisotopic (exact) mass is 470 g/mol. The number of nitrogens with zero attached hydrogens (tertiary/aromatic N) is 1. The van der Waals surface area contributed by atoms with Crippen molar-refractivity contribution in [1.82, 2.24) is 4.90 Å². The van der Waals surface area contributed by atoms with Crippen LogP contribution in [0.2, 0.25) is 0 Å². The molecule has 5 nitrogen and oxygen atoms in total. The van der Waals surface area contributed by atoms with Crippen LogP contribution >= 0.6 is 15.9 Å². The maximum atomic E-state index is 12.5. The number of benzene rings is 2. The van der Waals surface area contributed by atoms with Crippen molar-refractivity contribution in [3.63, 3.8) is 0 Å². The van der Waals surface area contributed by atoms with E-state index < -0.39 is 0 Å². The molecule has 30 heavy (non-hydrogen) atoms. The van der Waals surface area contributed by atoms with Gasteiger partial charge in [-0.15, -0.1) is 0 Å². The van der Waals surface area contributed by atoms with Crippen molar-refractivity contribution in [2.45, 2.75) is 38.1 Å². The Labute approximate surface area is 185 Å². The number of fused-ring (bicyclic) bond motifs is 1. The molecule has 158 valence electrons. The Morgan fingerprint density at radius 2 is 1.77 bits per heavy atom. The summed E-state index contributed by atoms with van der Waals surface area (Å²) in [5.74, 6) is -0.0652. The minimum absolute atomic E-state index is 0.202. The number of ether oxygens (including phenoxy) is 1. The lowest BCUT2D eigenvalue weighted by molar-refractivity contribution is 0.00739. The van der Waals surface area contributed by atoms with Gasteiger partial charge in [-0.3, -0.25) is 9.69 Å². The lowest BCUT2D eigenvalue weighted by Crippen LogP contribution is -2.49. The third-order valence-electron chi connectivity index (χ3n) is 6.15. The maximum absolute atomic E-state index is 12.5. The molecule has 2 atom stereocenters. The molecule has 6 heteroatoms. The van der Waals surface area contributed by atoms with Crippen molar-refractivity contribution in [3.05, 3.63) is 64.1 Å². The molecule has 0 saturated carbocycles. The number of hydrogen-bond donors (Lipinski definition) is 1. The van der Waals surface area contributed by atoms with Gasteiger partial charge in [0.1, 0.15) is 0 Å². The van der Waals surface area contributed by atoms with Crippen LogP contribution in [0.15, 0.2) is 53.0 Å². The predicted molar refractivity (Wildman–Crippen MR) is 121 cm³/mol. The first kappa shape index (κ1) is 21.1. The molecule has 2 aromatic carbocycles. The van der Waals surface area contributed by atoms with E-state index in [4.69, 9.17) is 4.74 Å². The number of carbonyl (C=O) groups excluding carboxylic acids is 2. The molecule has 1 N–H and O–H groups in total. The second-order valence-corrected chi connectivity index (χ2v) is 8.97. The molecule has 2 aliphatic heterocycles. The van der Waals surface area contributed by atoms with Crippen molar-refractivity contribution in [2.75, 3.05) is 25.0 Å². The summed E-state index contributed by atoms with van der Waals surface area (Å²) in [5, 5.41) is 2.85. The molecule has 0 aromatic heterocycles.